The first-order valence-corrected chi connectivity index (χ1v) is 6.13. The first-order chi connectivity index (χ1) is 8.66. The van der Waals surface area contributed by atoms with E-state index in [0.717, 1.165) is 37.9 Å². The highest BCUT2D eigenvalue weighted by Crippen LogP contribution is 2.11. The number of carbonyl (C=O) groups excluding carboxylic acids is 1. The molecule has 1 atom stereocenters. The van der Waals surface area contributed by atoms with Gasteiger partial charge in [-0.05, 0) is 31.5 Å². The molecule has 0 saturated carbocycles. The van der Waals surface area contributed by atoms with Crippen LogP contribution >= 0.6 is 0 Å². The van der Waals surface area contributed by atoms with E-state index in [1.807, 2.05) is 0 Å². The third kappa shape index (κ3) is 3.26. The molecule has 1 aromatic carbocycles. The fraction of sp³-hybridized carbons (Fsp3) is 0.462. The third-order valence-corrected chi connectivity index (χ3v) is 3.06. The van der Waals surface area contributed by atoms with Gasteiger partial charge in [-0.2, -0.15) is 0 Å². The van der Waals surface area contributed by atoms with E-state index in [1.165, 1.54) is 6.07 Å². The Morgan fingerprint density at radius 2 is 2.17 bits per heavy atom. The summed E-state index contributed by atoms with van der Waals surface area (Å²) >= 11 is 0. The lowest BCUT2D eigenvalue weighted by atomic mass is 10.1. The van der Waals surface area contributed by atoms with Crippen molar-refractivity contribution in [2.75, 3.05) is 13.1 Å². The lowest BCUT2D eigenvalue weighted by molar-refractivity contribution is 0.0931. The van der Waals surface area contributed by atoms with Crippen LogP contribution in [0.4, 0.5) is 8.78 Å². The Morgan fingerprint density at radius 3 is 2.94 bits per heavy atom. The van der Waals surface area contributed by atoms with Crippen molar-refractivity contribution < 1.29 is 13.6 Å². The van der Waals surface area contributed by atoms with E-state index >= 15 is 0 Å². The molecule has 1 fully saturated rings. The Kier molecular flexibility index (Phi) is 4.25. The monoisotopic (exact) mass is 254 g/mol. The van der Waals surface area contributed by atoms with Crippen LogP contribution in [0.1, 0.15) is 29.6 Å². The van der Waals surface area contributed by atoms with Gasteiger partial charge in [-0.25, -0.2) is 8.78 Å². The molecule has 1 aliphatic heterocycles. The van der Waals surface area contributed by atoms with Gasteiger partial charge in [0, 0.05) is 18.7 Å². The van der Waals surface area contributed by atoms with Gasteiger partial charge < -0.3 is 10.6 Å². The normalized spacial score (nSPS) is 20.2. The fourth-order valence-electron chi connectivity index (χ4n) is 2.08. The second-order valence-electron chi connectivity index (χ2n) is 4.49. The maximum atomic E-state index is 13.4. The van der Waals surface area contributed by atoms with Crippen molar-refractivity contribution in [1.29, 1.82) is 0 Å². The van der Waals surface area contributed by atoms with Crippen LogP contribution in [0.2, 0.25) is 0 Å². The smallest absolute Gasteiger partial charge is 0.254 e. The van der Waals surface area contributed by atoms with Crippen molar-refractivity contribution >= 4 is 5.91 Å². The number of nitrogens with one attached hydrogen (secondary N) is 2. The molecule has 1 aliphatic rings. The Labute approximate surface area is 105 Å². The van der Waals surface area contributed by atoms with Crippen LogP contribution in [0.25, 0.3) is 0 Å². The second-order valence-corrected chi connectivity index (χ2v) is 4.49. The lowest BCUT2D eigenvalue weighted by Crippen LogP contribution is -2.41. The molecule has 18 heavy (non-hydrogen) atoms. The minimum atomic E-state index is -0.825. The van der Waals surface area contributed by atoms with Crippen LogP contribution in [-0.4, -0.2) is 25.0 Å². The molecule has 3 nitrogen and oxygen atoms in total. The molecule has 0 radical (unpaired) electrons. The summed E-state index contributed by atoms with van der Waals surface area (Å²) in [5, 5.41) is 5.98. The predicted octanol–water partition coefficient (Wildman–Crippen LogP) is 1.84. The van der Waals surface area contributed by atoms with Crippen molar-refractivity contribution in [3.63, 3.8) is 0 Å². The van der Waals surface area contributed by atoms with E-state index < -0.39 is 17.5 Å². The van der Waals surface area contributed by atoms with E-state index in [4.69, 9.17) is 0 Å². The first kappa shape index (κ1) is 13.0. The third-order valence-electron chi connectivity index (χ3n) is 3.06. The summed E-state index contributed by atoms with van der Waals surface area (Å²) in [7, 11) is 0. The summed E-state index contributed by atoms with van der Waals surface area (Å²) in [4.78, 5) is 11.9. The number of hydrogen-bond acceptors (Lipinski definition) is 2. The maximum absolute atomic E-state index is 13.4. The van der Waals surface area contributed by atoms with Gasteiger partial charge in [0.25, 0.3) is 5.91 Å². The SMILES string of the molecule is O=C(NC1CCCCNC1)c1ccc(F)cc1F. The number of hydrogen-bond donors (Lipinski definition) is 2. The van der Waals surface area contributed by atoms with Crippen LogP contribution in [0.3, 0.4) is 0 Å². The van der Waals surface area contributed by atoms with Crippen LogP contribution in [0, 0.1) is 11.6 Å². The quantitative estimate of drug-likeness (QED) is 0.845. The van der Waals surface area contributed by atoms with Crippen LogP contribution in [-0.2, 0) is 0 Å². The minimum absolute atomic E-state index is 0.00412. The zero-order valence-electron chi connectivity index (χ0n) is 10.0. The highest BCUT2D eigenvalue weighted by atomic mass is 19.1. The molecular formula is C13H16F2N2O. The maximum Gasteiger partial charge on any atom is 0.254 e. The van der Waals surface area contributed by atoms with E-state index in [-0.39, 0.29) is 11.6 Å². The van der Waals surface area contributed by atoms with Gasteiger partial charge in [0.15, 0.2) is 0 Å². The van der Waals surface area contributed by atoms with E-state index in [1.54, 1.807) is 0 Å². The van der Waals surface area contributed by atoms with Gasteiger partial charge in [-0.3, -0.25) is 4.79 Å². The van der Waals surface area contributed by atoms with Crippen LogP contribution in [0.5, 0.6) is 0 Å². The zero-order chi connectivity index (χ0) is 13.0. The van der Waals surface area contributed by atoms with Crippen molar-refractivity contribution in [2.45, 2.75) is 25.3 Å². The highest BCUT2D eigenvalue weighted by Gasteiger charge is 2.18. The molecule has 1 unspecified atom stereocenters. The van der Waals surface area contributed by atoms with Crippen molar-refractivity contribution in [2.24, 2.45) is 0 Å². The molecule has 1 aromatic rings. The number of benzene rings is 1. The van der Waals surface area contributed by atoms with Crippen molar-refractivity contribution in [1.82, 2.24) is 10.6 Å². The van der Waals surface area contributed by atoms with E-state index in [9.17, 15) is 13.6 Å². The predicted molar refractivity (Wildman–Crippen MR) is 64.3 cm³/mol. The highest BCUT2D eigenvalue weighted by molar-refractivity contribution is 5.94. The van der Waals surface area contributed by atoms with Crippen molar-refractivity contribution in [3.05, 3.63) is 35.4 Å². The van der Waals surface area contributed by atoms with E-state index in [2.05, 4.69) is 10.6 Å². The van der Waals surface area contributed by atoms with Gasteiger partial charge in [0.05, 0.1) is 5.56 Å². The lowest BCUT2D eigenvalue weighted by Gasteiger charge is -2.16. The number of amides is 1. The Hall–Kier alpha value is -1.49. The zero-order valence-corrected chi connectivity index (χ0v) is 10.0. The second kappa shape index (κ2) is 5.91. The Balaban J connectivity index is 2.02. The molecule has 0 spiro atoms. The molecule has 2 N–H and O–H groups in total. The van der Waals surface area contributed by atoms with Gasteiger partial charge in [0.1, 0.15) is 11.6 Å². The summed E-state index contributed by atoms with van der Waals surface area (Å²) in [6, 6.07) is 2.98. The number of halogens is 2. The summed E-state index contributed by atoms with van der Waals surface area (Å²) in [6.07, 6.45) is 2.99. The summed E-state index contributed by atoms with van der Waals surface area (Å²) in [6.45, 7) is 1.63. The molecule has 1 amide bonds. The van der Waals surface area contributed by atoms with Gasteiger partial charge in [0.2, 0.25) is 0 Å². The summed E-state index contributed by atoms with van der Waals surface area (Å²) in [5.41, 5.74) is -0.111. The van der Waals surface area contributed by atoms with Gasteiger partial charge >= 0.3 is 0 Å². The topological polar surface area (TPSA) is 41.1 Å². The Morgan fingerprint density at radius 1 is 1.33 bits per heavy atom. The molecule has 2 rings (SSSR count). The number of carbonyl (C=O) groups is 1. The standard InChI is InChI=1S/C13H16F2N2O/c14-9-4-5-11(12(15)7-9)13(18)17-10-3-1-2-6-16-8-10/h4-5,7,10,16H,1-3,6,8H2,(H,17,18). The fourth-order valence-corrected chi connectivity index (χ4v) is 2.08. The summed E-state index contributed by atoms with van der Waals surface area (Å²) in [5.74, 6) is -1.99. The number of rotatable bonds is 2. The first-order valence-electron chi connectivity index (χ1n) is 6.13. The average molecular weight is 254 g/mol. The van der Waals surface area contributed by atoms with E-state index in [0.29, 0.717) is 6.54 Å². The van der Waals surface area contributed by atoms with Crippen molar-refractivity contribution in [3.8, 4) is 0 Å². The molecule has 0 bridgehead atoms. The Bertz CT molecular complexity index is 429. The summed E-state index contributed by atoms with van der Waals surface area (Å²) < 4.78 is 26.2. The average Bonchev–Trinajstić information content (AvgIpc) is 2.57. The van der Waals surface area contributed by atoms with Gasteiger partial charge in [-0.15, -0.1) is 0 Å². The minimum Gasteiger partial charge on any atom is -0.348 e. The molecule has 5 heteroatoms. The molecule has 0 aliphatic carbocycles. The molecule has 0 aromatic heterocycles. The van der Waals surface area contributed by atoms with Crippen LogP contribution < -0.4 is 10.6 Å². The molecule has 98 valence electrons. The van der Waals surface area contributed by atoms with Crippen LogP contribution in [0.15, 0.2) is 18.2 Å². The molecular weight excluding hydrogens is 238 g/mol. The molecule has 1 heterocycles. The largest absolute Gasteiger partial charge is 0.348 e. The molecule has 1 saturated heterocycles. The van der Waals surface area contributed by atoms with Gasteiger partial charge in [-0.1, -0.05) is 6.42 Å².